The topological polar surface area (TPSA) is 152 Å². The van der Waals surface area contributed by atoms with Crippen molar-refractivity contribution in [2.24, 2.45) is 0 Å². The van der Waals surface area contributed by atoms with Gasteiger partial charge in [0.1, 0.15) is 12.0 Å². The first kappa shape index (κ1) is 23.9. The fourth-order valence-electron chi connectivity index (χ4n) is 2.15. The van der Waals surface area contributed by atoms with E-state index in [-0.39, 0.29) is 0 Å². The largest absolute Gasteiger partial charge is 0.423 e. The van der Waals surface area contributed by atoms with Crippen LogP contribution >= 0.6 is 0 Å². The average Bonchev–Trinajstić information content (AvgIpc) is 2.74. The molecule has 0 aliphatic rings. The number of esters is 1. The summed E-state index contributed by atoms with van der Waals surface area (Å²) in [5.41, 5.74) is 1.04. The van der Waals surface area contributed by atoms with Gasteiger partial charge in [0.05, 0.1) is 15.4 Å². The summed E-state index contributed by atoms with van der Waals surface area (Å²) in [6, 6.07) is 18.9. The molecule has 0 unspecified atom stereocenters. The van der Waals surface area contributed by atoms with Gasteiger partial charge in [-0.2, -0.15) is 16.8 Å². The Morgan fingerprint density at radius 2 is 1.26 bits per heavy atom. The molecule has 0 aliphatic carbocycles. The van der Waals surface area contributed by atoms with E-state index in [9.17, 15) is 26.4 Å². The number of aldehydes is 1. The van der Waals surface area contributed by atoms with E-state index in [1.165, 1.54) is 0 Å². The molecule has 31 heavy (non-hydrogen) atoms. The maximum Gasteiger partial charge on any atom is 0.343 e. The molecule has 0 amide bonds. The van der Waals surface area contributed by atoms with Crippen molar-refractivity contribution >= 4 is 32.5 Å². The van der Waals surface area contributed by atoms with E-state index < -0.39 is 36.0 Å². The van der Waals surface area contributed by atoms with Crippen molar-refractivity contribution in [1.82, 2.24) is 0 Å². The molecule has 0 saturated heterocycles. The number of benzene rings is 3. The smallest absolute Gasteiger partial charge is 0.343 e. The van der Waals surface area contributed by atoms with Crippen LogP contribution in [0.2, 0.25) is 0 Å². The second-order valence-corrected chi connectivity index (χ2v) is 8.71. The third-order valence-electron chi connectivity index (χ3n) is 3.64. The Kier molecular flexibility index (Phi) is 7.78. The summed E-state index contributed by atoms with van der Waals surface area (Å²) < 4.78 is 64.7. The molecule has 0 heterocycles. The summed E-state index contributed by atoms with van der Waals surface area (Å²) in [4.78, 5) is 21.0. The number of hydrogen-bond acceptors (Lipinski definition) is 7. The van der Waals surface area contributed by atoms with Gasteiger partial charge in [-0.25, -0.2) is 4.79 Å². The van der Waals surface area contributed by atoms with Gasteiger partial charge in [-0.1, -0.05) is 24.3 Å². The van der Waals surface area contributed by atoms with Gasteiger partial charge in [0.25, 0.3) is 20.2 Å². The summed E-state index contributed by atoms with van der Waals surface area (Å²) >= 11 is 0. The lowest BCUT2D eigenvalue weighted by molar-refractivity contribution is 0.0734. The van der Waals surface area contributed by atoms with Crippen molar-refractivity contribution in [2.45, 2.75) is 9.79 Å². The highest BCUT2D eigenvalue weighted by molar-refractivity contribution is 7.86. The Morgan fingerprint density at radius 1 is 0.742 bits per heavy atom. The van der Waals surface area contributed by atoms with Crippen LogP contribution in [0.25, 0.3) is 0 Å². The molecule has 3 rings (SSSR count). The van der Waals surface area contributed by atoms with E-state index in [0.29, 0.717) is 22.9 Å². The molecular weight excluding hydrogens is 448 g/mol. The van der Waals surface area contributed by atoms with E-state index in [1.807, 2.05) is 6.07 Å². The zero-order chi connectivity index (χ0) is 23.1. The molecule has 0 saturated carbocycles. The molecule has 2 N–H and O–H groups in total. The molecule has 0 aromatic heterocycles. The quantitative estimate of drug-likeness (QED) is 0.251. The van der Waals surface area contributed by atoms with Crippen LogP contribution in [-0.4, -0.2) is 38.2 Å². The first-order valence-electron chi connectivity index (χ1n) is 8.38. The van der Waals surface area contributed by atoms with Crippen LogP contribution in [0.3, 0.4) is 0 Å². The van der Waals surface area contributed by atoms with E-state index in [4.69, 9.17) is 13.8 Å². The first-order chi connectivity index (χ1) is 14.5. The lowest BCUT2D eigenvalue weighted by Crippen LogP contribution is -2.07. The Hall–Kier alpha value is -3.38. The lowest BCUT2D eigenvalue weighted by Gasteiger charge is -2.03. The standard InChI is InChI=1S/C14H10O3.C6H6O6S2/c15-10-11-6-8-13(9-7-11)17-14(16)12-4-2-1-3-5-12;7-13(8,9)5-2-1-3-6(4-5)14(10,11)12/h1-10H;1-4H,(H,7,8,9)(H,10,11,12). The molecule has 3 aromatic carbocycles. The van der Waals surface area contributed by atoms with Crippen LogP contribution < -0.4 is 4.74 Å². The highest BCUT2D eigenvalue weighted by atomic mass is 32.2. The van der Waals surface area contributed by atoms with Crippen molar-refractivity contribution in [3.05, 3.63) is 90.0 Å². The lowest BCUT2D eigenvalue weighted by atomic mass is 10.2. The van der Waals surface area contributed by atoms with Crippen LogP contribution in [0.4, 0.5) is 0 Å². The molecule has 3 aromatic rings. The molecular formula is C20H16O9S2. The second-order valence-electron chi connectivity index (χ2n) is 5.87. The molecule has 0 spiro atoms. The minimum Gasteiger partial charge on any atom is -0.423 e. The van der Waals surface area contributed by atoms with Crippen LogP contribution in [-0.2, 0) is 20.2 Å². The Morgan fingerprint density at radius 3 is 1.71 bits per heavy atom. The van der Waals surface area contributed by atoms with Crippen LogP contribution in [0, 0.1) is 0 Å². The van der Waals surface area contributed by atoms with E-state index >= 15 is 0 Å². The van der Waals surface area contributed by atoms with E-state index in [2.05, 4.69) is 0 Å². The minimum absolute atomic E-state index is 0.413. The number of ether oxygens (including phenoxy) is 1. The van der Waals surface area contributed by atoms with Gasteiger partial charge < -0.3 is 4.74 Å². The minimum atomic E-state index is -4.46. The maximum absolute atomic E-state index is 11.7. The van der Waals surface area contributed by atoms with Crippen LogP contribution in [0.5, 0.6) is 5.75 Å². The zero-order valence-electron chi connectivity index (χ0n) is 15.7. The molecule has 0 fully saturated rings. The predicted molar refractivity (Wildman–Crippen MR) is 109 cm³/mol. The van der Waals surface area contributed by atoms with Crippen molar-refractivity contribution in [1.29, 1.82) is 0 Å². The SMILES string of the molecule is O=Cc1ccc(OC(=O)c2ccccc2)cc1.O=S(=O)(O)c1cccc(S(=O)(=O)O)c1. The van der Waals surface area contributed by atoms with Crippen LogP contribution in [0.1, 0.15) is 20.7 Å². The van der Waals surface area contributed by atoms with Crippen LogP contribution in [0.15, 0.2) is 88.7 Å². The van der Waals surface area contributed by atoms with Crippen molar-refractivity contribution in [2.75, 3.05) is 0 Å². The Labute approximate surface area is 178 Å². The molecule has 0 aliphatic heterocycles. The van der Waals surface area contributed by atoms with Gasteiger partial charge in [-0.05, 0) is 54.6 Å². The molecule has 11 heteroatoms. The average molecular weight is 464 g/mol. The monoisotopic (exact) mass is 464 g/mol. The highest BCUT2D eigenvalue weighted by Gasteiger charge is 2.15. The van der Waals surface area contributed by atoms with E-state index in [1.54, 1.807) is 48.5 Å². The fraction of sp³-hybridized carbons (Fsp3) is 0. The second kappa shape index (κ2) is 10.1. The molecule has 0 radical (unpaired) electrons. The third-order valence-corrected chi connectivity index (χ3v) is 5.34. The van der Waals surface area contributed by atoms with E-state index in [0.717, 1.165) is 24.5 Å². The van der Waals surface area contributed by atoms with Gasteiger partial charge in [0.15, 0.2) is 0 Å². The van der Waals surface area contributed by atoms with Gasteiger partial charge in [-0.3, -0.25) is 13.9 Å². The summed E-state index contributed by atoms with van der Waals surface area (Å²) in [6.45, 7) is 0. The summed E-state index contributed by atoms with van der Waals surface area (Å²) in [5.74, 6) is 0.00825. The van der Waals surface area contributed by atoms with Crippen molar-refractivity contribution in [3.8, 4) is 5.75 Å². The third kappa shape index (κ3) is 7.42. The number of carbonyl (C=O) groups is 2. The maximum atomic E-state index is 11.7. The van der Waals surface area contributed by atoms with Gasteiger partial charge >= 0.3 is 5.97 Å². The molecule has 0 atom stereocenters. The Balaban J connectivity index is 0.000000225. The molecule has 9 nitrogen and oxygen atoms in total. The predicted octanol–water partition coefficient (Wildman–Crippen LogP) is 2.90. The normalized spacial score (nSPS) is 11.0. The number of carbonyl (C=O) groups excluding carboxylic acids is 2. The zero-order valence-corrected chi connectivity index (χ0v) is 17.3. The molecule has 162 valence electrons. The van der Waals surface area contributed by atoms with Gasteiger partial charge in [0.2, 0.25) is 0 Å². The van der Waals surface area contributed by atoms with Crippen molar-refractivity contribution < 1.29 is 40.3 Å². The summed E-state index contributed by atoms with van der Waals surface area (Å²) in [5, 5.41) is 0. The van der Waals surface area contributed by atoms with Gasteiger partial charge in [0, 0.05) is 5.56 Å². The van der Waals surface area contributed by atoms with Gasteiger partial charge in [-0.15, -0.1) is 0 Å². The Bertz CT molecular complexity index is 1220. The summed E-state index contributed by atoms with van der Waals surface area (Å²) in [6.07, 6.45) is 0.739. The first-order valence-corrected chi connectivity index (χ1v) is 11.3. The summed E-state index contributed by atoms with van der Waals surface area (Å²) in [7, 11) is -8.92. The van der Waals surface area contributed by atoms with Crippen molar-refractivity contribution in [3.63, 3.8) is 0 Å². The highest BCUT2D eigenvalue weighted by Crippen LogP contribution is 2.15. The fourth-order valence-corrected chi connectivity index (χ4v) is 3.28. The number of hydrogen-bond donors (Lipinski definition) is 2. The number of rotatable bonds is 5. The molecule has 0 bridgehead atoms.